The molecule has 0 saturated heterocycles. The summed E-state index contributed by atoms with van der Waals surface area (Å²) in [7, 11) is 0. The Hall–Kier alpha value is -2.03. The monoisotopic (exact) mass is 360 g/mol. The average Bonchev–Trinajstić information content (AvgIpc) is 2.45. The van der Waals surface area contributed by atoms with Gasteiger partial charge in [-0.2, -0.15) is 18.4 Å². The lowest BCUT2D eigenvalue weighted by molar-refractivity contribution is -0.137. The lowest BCUT2D eigenvalue weighted by Crippen LogP contribution is -2.43. The number of carbonyl (C=O) groups excluding carboxylic acids is 1. The van der Waals surface area contributed by atoms with Gasteiger partial charge in [0.05, 0.1) is 22.5 Å². The largest absolute Gasteiger partial charge is 0.417 e. The number of anilines is 1. The van der Waals surface area contributed by atoms with Crippen LogP contribution in [0.2, 0.25) is 0 Å². The van der Waals surface area contributed by atoms with Crippen LogP contribution in [0.25, 0.3) is 0 Å². The van der Waals surface area contributed by atoms with Crippen LogP contribution in [0, 0.1) is 23.7 Å². The van der Waals surface area contributed by atoms with Crippen LogP contribution < -0.4 is 5.32 Å². The van der Waals surface area contributed by atoms with Crippen molar-refractivity contribution in [1.29, 1.82) is 5.26 Å². The molecular weight excluding hydrogens is 353 g/mol. The standard InChI is InChI=1S/C13H8BrF3N2O2/c1-2-12(21,7-14)11(20)19-9-4-3-8(6-18)10(5-9)13(15,16)17/h1,3-5,21H,7H2,(H,19,20). The summed E-state index contributed by atoms with van der Waals surface area (Å²) >= 11 is 2.84. The molecule has 1 amide bonds. The number of nitrogens with zero attached hydrogens (tertiary/aromatic N) is 1. The minimum Gasteiger partial charge on any atom is -0.369 e. The van der Waals surface area contributed by atoms with E-state index < -0.39 is 28.8 Å². The van der Waals surface area contributed by atoms with Gasteiger partial charge in [0.1, 0.15) is 0 Å². The number of carbonyl (C=O) groups is 1. The number of nitriles is 1. The van der Waals surface area contributed by atoms with E-state index in [1.807, 2.05) is 5.92 Å². The van der Waals surface area contributed by atoms with Crippen molar-refractivity contribution < 1.29 is 23.1 Å². The van der Waals surface area contributed by atoms with Crippen LogP contribution in [-0.2, 0) is 11.0 Å². The van der Waals surface area contributed by atoms with Gasteiger partial charge in [-0.3, -0.25) is 4.79 Å². The smallest absolute Gasteiger partial charge is 0.369 e. The predicted octanol–water partition coefficient (Wildman–Crippen LogP) is 2.27. The third-order valence-corrected chi connectivity index (χ3v) is 3.32. The first-order valence-electron chi connectivity index (χ1n) is 5.37. The zero-order valence-corrected chi connectivity index (χ0v) is 11.9. The van der Waals surface area contributed by atoms with Gasteiger partial charge in [-0.1, -0.05) is 21.9 Å². The first-order valence-corrected chi connectivity index (χ1v) is 6.49. The van der Waals surface area contributed by atoms with Gasteiger partial charge in [-0.05, 0) is 18.2 Å². The molecule has 0 aliphatic rings. The number of benzene rings is 1. The number of amides is 1. The van der Waals surface area contributed by atoms with Gasteiger partial charge in [0.25, 0.3) is 5.91 Å². The van der Waals surface area contributed by atoms with Crippen LogP contribution in [0.1, 0.15) is 11.1 Å². The fraction of sp³-hybridized carbons (Fsp3) is 0.231. The molecule has 0 radical (unpaired) electrons. The molecule has 110 valence electrons. The molecule has 1 aromatic carbocycles. The molecule has 0 saturated carbocycles. The van der Waals surface area contributed by atoms with Gasteiger partial charge >= 0.3 is 6.18 Å². The van der Waals surface area contributed by atoms with Crippen molar-refractivity contribution in [2.75, 3.05) is 10.6 Å². The molecule has 0 bridgehead atoms. The second-order valence-corrected chi connectivity index (χ2v) is 4.52. The van der Waals surface area contributed by atoms with Crippen molar-refractivity contribution >= 4 is 27.5 Å². The molecule has 0 aliphatic heterocycles. The van der Waals surface area contributed by atoms with Crippen molar-refractivity contribution in [3.63, 3.8) is 0 Å². The minimum atomic E-state index is -4.75. The summed E-state index contributed by atoms with van der Waals surface area (Å²) in [6.07, 6.45) is 0.257. The predicted molar refractivity (Wildman–Crippen MR) is 72.4 cm³/mol. The maximum Gasteiger partial charge on any atom is 0.417 e. The Labute approximate surface area is 126 Å². The molecule has 0 fully saturated rings. The second kappa shape index (κ2) is 6.17. The molecule has 2 N–H and O–H groups in total. The molecule has 0 aromatic heterocycles. The van der Waals surface area contributed by atoms with Crippen LogP contribution in [0.3, 0.4) is 0 Å². The number of nitrogens with one attached hydrogen (secondary N) is 1. The summed E-state index contributed by atoms with van der Waals surface area (Å²) in [5, 5.41) is 20.2. The third-order valence-electron chi connectivity index (χ3n) is 2.51. The molecule has 1 rings (SSSR count). The molecule has 1 unspecified atom stereocenters. The minimum absolute atomic E-state index is 0.235. The average molecular weight is 361 g/mol. The van der Waals surface area contributed by atoms with E-state index >= 15 is 0 Å². The normalized spacial score (nSPS) is 13.7. The summed E-state index contributed by atoms with van der Waals surface area (Å²) in [6, 6.07) is 4.04. The van der Waals surface area contributed by atoms with E-state index in [1.165, 1.54) is 6.07 Å². The SMILES string of the molecule is C#CC(O)(CBr)C(=O)Nc1ccc(C#N)c(C(F)(F)F)c1. The van der Waals surface area contributed by atoms with E-state index in [9.17, 15) is 23.1 Å². The van der Waals surface area contributed by atoms with Gasteiger partial charge in [0.15, 0.2) is 0 Å². The second-order valence-electron chi connectivity index (χ2n) is 3.96. The van der Waals surface area contributed by atoms with Crippen LogP contribution in [0.4, 0.5) is 18.9 Å². The first-order chi connectivity index (χ1) is 9.67. The van der Waals surface area contributed by atoms with Crippen LogP contribution in [0.15, 0.2) is 18.2 Å². The Balaban J connectivity index is 3.16. The Morgan fingerprint density at radius 3 is 2.52 bits per heavy atom. The summed E-state index contributed by atoms with van der Waals surface area (Å²) in [4.78, 5) is 11.7. The zero-order chi connectivity index (χ0) is 16.3. The van der Waals surface area contributed by atoms with Crippen molar-refractivity contribution in [2.24, 2.45) is 0 Å². The van der Waals surface area contributed by atoms with E-state index in [1.54, 1.807) is 0 Å². The lowest BCUT2D eigenvalue weighted by Gasteiger charge is -2.19. The number of rotatable bonds is 3. The topological polar surface area (TPSA) is 73.1 Å². The van der Waals surface area contributed by atoms with E-state index in [4.69, 9.17) is 11.7 Å². The molecule has 0 spiro atoms. The highest BCUT2D eigenvalue weighted by Crippen LogP contribution is 2.33. The molecule has 0 aliphatic carbocycles. The molecular formula is C13H8BrF3N2O2. The van der Waals surface area contributed by atoms with Crippen molar-refractivity contribution in [3.8, 4) is 18.4 Å². The Morgan fingerprint density at radius 1 is 1.48 bits per heavy atom. The van der Waals surface area contributed by atoms with Crippen LogP contribution >= 0.6 is 15.9 Å². The van der Waals surface area contributed by atoms with Crippen molar-refractivity contribution in [1.82, 2.24) is 0 Å². The molecule has 1 aromatic rings. The van der Waals surface area contributed by atoms with Crippen molar-refractivity contribution in [2.45, 2.75) is 11.8 Å². The van der Waals surface area contributed by atoms with Gasteiger partial charge in [0, 0.05) is 5.69 Å². The van der Waals surface area contributed by atoms with Gasteiger partial charge < -0.3 is 10.4 Å². The van der Waals surface area contributed by atoms with E-state index in [0.29, 0.717) is 6.07 Å². The quantitative estimate of drug-likeness (QED) is 0.641. The summed E-state index contributed by atoms with van der Waals surface area (Å²) in [6.45, 7) is 0. The number of halogens is 4. The van der Waals surface area contributed by atoms with Gasteiger partial charge in [-0.25, -0.2) is 0 Å². The first kappa shape index (κ1) is 17.0. The molecule has 8 heteroatoms. The van der Waals surface area contributed by atoms with Crippen molar-refractivity contribution in [3.05, 3.63) is 29.3 Å². The number of alkyl halides is 4. The third kappa shape index (κ3) is 3.75. The highest BCUT2D eigenvalue weighted by Gasteiger charge is 2.35. The van der Waals surface area contributed by atoms with E-state index in [0.717, 1.165) is 12.1 Å². The molecule has 0 heterocycles. The Kier molecular flexibility index (Phi) is 5.00. The summed E-state index contributed by atoms with van der Waals surface area (Å²) < 4.78 is 38.3. The molecule has 1 atom stereocenters. The molecule has 21 heavy (non-hydrogen) atoms. The number of hydrogen-bond acceptors (Lipinski definition) is 3. The van der Waals surface area contributed by atoms with Gasteiger partial charge in [0.2, 0.25) is 5.60 Å². The highest BCUT2D eigenvalue weighted by atomic mass is 79.9. The Bertz CT molecular complexity index is 646. The van der Waals surface area contributed by atoms with Crippen LogP contribution in [-0.4, -0.2) is 21.9 Å². The fourth-order valence-electron chi connectivity index (χ4n) is 1.35. The van der Waals surface area contributed by atoms with Gasteiger partial charge in [-0.15, -0.1) is 6.42 Å². The van der Waals surface area contributed by atoms with E-state index in [2.05, 4.69) is 21.2 Å². The van der Waals surface area contributed by atoms with E-state index in [-0.39, 0.29) is 11.0 Å². The lowest BCUT2D eigenvalue weighted by atomic mass is 10.1. The van der Waals surface area contributed by atoms with Crippen LogP contribution in [0.5, 0.6) is 0 Å². The highest BCUT2D eigenvalue weighted by molar-refractivity contribution is 9.09. The fourth-order valence-corrected chi connectivity index (χ4v) is 1.77. The Morgan fingerprint density at radius 2 is 2.10 bits per heavy atom. The number of terminal acetylenes is 1. The molecule has 4 nitrogen and oxygen atoms in total. The summed E-state index contributed by atoms with van der Waals surface area (Å²) in [5.74, 6) is 0.782. The number of hydrogen-bond donors (Lipinski definition) is 2. The summed E-state index contributed by atoms with van der Waals surface area (Å²) in [5.41, 5.74) is -4.19. The maximum absolute atomic E-state index is 12.8. The number of aliphatic hydroxyl groups is 1. The maximum atomic E-state index is 12.8. The zero-order valence-electron chi connectivity index (χ0n) is 10.3.